The predicted octanol–water partition coefficient (Wildman–Crippen LogP) is 5.35. The van der Waals surface area contributed by atoms with Crippen LogP contribution in [0.15, 0.2) is 47.4 Å². The molecule has 1 aromatic heterocycles. The summed E-state index contributed by atoms with van der Waals surface area (Å²) in [4.78, 5) is 16.9. The highest BCUT2D eigenvalue weighted by atomic mass is 35.5. The van der Waals surface area contributed by atoms with Gasteiger partial charge in [-0.15, -0.1) is 0 Å². The zero-order valence-corrected chi connectivity index (χ0v) is 19.4. The number of carbonyl (C=O) groups is 1. The first-order valence-corrected chi connectivity index (χ1v) is 12.8. The lowest BCUT2D eigenvalue weighted by Gasteiger charge is -2.19. The molecule has 0 aliphatic heterocycles. The summed E-state index contributed by atoms with van der Waals surface area (Å²) in [6.45, 7) is 0. The average molecular weight is 512 g/mol. The number of amides is 1. The molecule has 1 aliphatic rings. The van der Waals surface area contributed by atoms with E-state index in [2.05, 4.69) is 16.5 Å². The lowest BCUT2D eigenvalue weighted by atomic mass is 10.1. The van der Waals surface area contributed by atoms with E-state index in [-0.39, 0.29) is 25.7 Å². The maximum atomic E-state index is 14.2. The summed E-state index contributed by atoms with van der Waals surface area (Å²) in [6, 6.07) is 8.39. The van der Waals surface area contributed by atoms with Crippen LogP contribution in [0, 0.1) is 17.8 Å². The molecule has 33 heavy (non-hydrogen) atoms. The van der Waals surface area contributed by atoms with Gasteiger partial charge in [-0.1, -0.05) is 47.9 Å². The number of aromatic nitrogens is 1. The van der Waals surface area contributed by atoms with Gasteiger partial charge in [0.15, 0.2) is 26.5 Å². The van der Waals surface area contributed by atoms with E-state index in [9.17, 15) is 22.0 Å². The van der Waals surface area contributed by atoms with Gasteiger partial charge in [-0.2, -0.15) is 0 Å². The topological polar surface area (TPSA) is 85.4 Å². The zero-order chi connectivity index (χ0) is 23.6. The highest BCUT2D eigenvalue weighted by Crippen LogP contribution is 2.32. The van der Waals surface area contributed by atoms with E-state index in [1.165, 1.54) is 24.3 Å². The molecule has 0 spiro atoms. The number of rotatable bonds is 7. The van der Waals surface area contributed by atoms with Crippen molar-refractivity contribution in [3.05, 3.63) is 70.2 Å². The number of thiazole rings is 1. The van der Waals surface area contributed by atoms with Crippen LogP contribution in [0.3, 0.4) is 0 Å². The molecule has 1 N–H and O–H groups in total. The first-order chi connectivity index (χ1) is 15.7. The summed E-state index contributed by atoms with van der Waals surface area (Å²) in [5.74, 6) is -2.83. The third kappa shape index (κ3) is 5.34. The number of nitrogens with zero attached hydrogens (tertiary/aromatic N) is 1. The van der Waals surface area contributed by atoms with Crippen molar-refractivity contribution in [3.63, 3.8) is 0 Å². The summed E-state index contributed by atoms with van der Waals surface area (Å²) in [7, 11) is -3.49. The summed E-state index contributed by atoms with van der Waals surface area (Å²) in [5.41, 5.74) is 0.272. The molecular weight excluding hydrogens is 494 g/mol. The van der Waals surface area contributed by atoms with Crippen molar-refractivity contribution in [1.82, 2.24) is 4.98 Å². The fourth-order valence-electron chi connectivity index (χ4n) is 3.64. The average Bonchev–Trinajstić information content (AvgIpc) is 3.46. The molecule has 0 saturated heterocycles. The molecule has 3 aromatic rings. The van der Waals surface area contributed by atoms with Gasteiger partial charge >= 0.3 is 0 Å². The van der Waals surface area contributed by atoms with E-state index in [0.29, 0.717) is 18.9 Å². The van der Waals surface area contributed by atoms with E-state index in [1.807, 2.05) is 0 Å². The molecule has 1 unspecified atom stereocenters. The van der Waals surface area contributed by atoms with Crippen LogP contribution < -0.4 is 10.1 Å². The number of nitrogens with one attached hydrogen (secondary N) is 1. The number of hydrogen-bond donors (Lipinski definition) is 1. The molecule has 1 fully saturated rings. The summed E-state index contributed by atoms with van der Waals surface area (Å²) >= 11 is 6.76. The zero-order valence-electron chi connectivity index (χ0n) is 17.1. The van der Waals surface area contributed by atoms with Crippen LogP contribution in [0.4, 0.5) is 13.9 Å². The molecule has 11 heteroatoms. The molecule has 1 heterocycles. The Morgan fingerprint density at radius 2 is 1.88 bits per heavy atom. The minimum atomic E-state index is -3.49. The van der Waals surface area contributed by atoms with Gasteiger partial charge in [-0.25, -0.2) is 22.2 Å². The molecule has 1 amide bonds. The fourth-order valence-corrected chi connectivity index (χ4v) is 6.26. The van der Waals surface area contributed by atoms with E-state index < -0.39 is 38.7 Å². The smallest absolute Gasteiger partial charge is 0.271 e. The Hall–Kier alpha value is -2.56. The molecule has 1 saturated carbocycles. The van der Waals surface area contributed by atoms with E-state index in [1.54, 1.807) is 0 Å². The van der Waals surface area contributed by atoms with Crippen molar-refractivity contribution < 1.29 is 26.7 Å². The predicted molar refractivity (Wildman–Crippen MR) is 120 cm³/mol. The fraction of sp³-hybridized carbons (Fsp3) is 0.273. The van der Waals surface area contributed by atoms with E-state index in [0.717, 1.165) is 36.3 Å². The van der Waals surface area contributed by atoms with Crippen molar-refractivity contribution in [3.8, 4) is 5.75 Å². The summed E-state index contributed by atoms with van der Waals surface area (Å²) < 4.78 is 59.0. The lowest BCUT2D eigenvalue weighted by molar-refractivity contribution is -0.123. The maximum Gasteiger partial charge on any atom is 0.271 e. The van der Waals surface area contributed by atoms with Gasteiger partial charge in [0.2, 0.25) is 6.10 Å². The standard InChI is InChI=1S/C22H18ClF2N2O4S2/c23-19-12-26-22(32-19)27-21(28)20(31-18-10-7-14(24)11-17(18)25)13-5-8-16(9-6-13)33(29,30)15-3-1-2-4-15/h5-11,15,20H,1-4H2,(H,26,27,28). The van der Waals surface area contributed by atoms with Crippen molar-refractivity contribution in [1.29, 1.82) is 0 Å². The highest BCUT2D eigenvalue weighted by molar-refractivity contribution is 7.92. The third-order valence-corrected chi connectivity index (χ3v) is 8.54. The quantitative estimate of drug-likeness (QED) is 0.462. The minimum absolute atomic E-state index is 0.145. The van der Waals surface area contributed by atoms with Crippen LogP contribution in [0.2, 0.25) is 4.34 Å². The second-order valence-corrected chi connectivity index (χ2v) is 11.3. The van der Waals surface area contributed by atoms with Crippen molar-refractivity contribution in [2.75, 3.05) is 5.32 Å². The van der Waals surface area contributed by atoms with Gasteiger partial charge in [0, 0.05) is 11.6 Å². The van der Waals surface area contributed by atoms with Crippen LogP contribution in [0.5, 0.6) is 5.75 Å². The van der Waals surface area contributed by atoms with Crippen molar-refractivity contribution >= 4 is 43.8 Å². The van der Waals surface area contributed by atoms with Gasteiger partial charge < -0.3 is 4.74 Å². The van der Waals surface area contributed by atoms with Gasteiger partial charge in [-0.05, 0) is 37.1 Å². The number of carbonyl (C=O) groups excluding carboxylic acids is 1. The monoisotopic (exact) mass is 511 g/mol. The van der Waals surface area contributed by atoms with E-state index in [4.69, 9.17) is 16.3 Å². The third-order valence-electron chi connectivity index (χ3n) is 5.29. The number of benzene rings is 2. The Morgan fingerprint density at radius 3 is 2.48 bits per heavy atom. The van der Waals surface area contributed by atoms with Gasteiger partial charge in [-0.3, -0.25) is 10.1 Å². The first-order valence-electron chi connectivity index (χ1n) is 10.0. The Balaban J connectivity index is 1.63. The van der Waals surface area contributed by atoms with Crippen LogP contribution in [0.25, 0.3) is 0 Å². The summed E-state index contributed by atoms with van der Waals surface area (Å²) in [6.07, 6.45) is 4.09. The number of halogens is 3. The number of sulfone groups is 1. The number of ether oxygens (including phenoxy) is 1. The maximum absolute atomic E-state index is 14.2. The van der Waals surface area contributed by atoms with Gasteiger partial charge in [0.1, 0.15) is 16.4 Å². The molecule has 4 rings (SSSR count). The van der Waals surface area contributed by atoms with Crippen molar-refractivity contribution in [2.45, 2.75) is 41.9 Å². The van der Waals surface area contributed by atoms with Crippen LogP contribution in [-0.2, 0) is 14.6 Å². The second kappa shape index (κ2) is 9.74. The van der Waals surface area contributed by atoms with Crippen molar-refractivity contribution in [2.24, 2.45) is 0 Å². The Bertz CT molecular complexity index is 1260. The van der Waals surface area contributed by atoms with Crippen LogP contribution >= 0.6 is 22.9 Å². The first kappa shape index (κ1) is 23.6. The SMILES string of the molecule is O=C(Nc1n[c]c(Cl)s1)C(Oc1ccc(F)cc1F)c1ccc(S(=O)(=O)C2CCCC2)cc1. The van der Waals surface area contributed by atoms with Crippen LogP contribution in [-0.4, -0.2) is 24.6 Å². The minimum Gasteiger partial charge on any atom is -0.473 e. The normalized spacial score (nSPS) is 15.4. The highest BCUT2D eigenvalue weighted by Gasteiger charge is 2.31. The number of anilines is 1. The van der Waals surface area contributed by atoms with E-state index >= 15 is 0 Å². The van der Waals surface area contributed by atoms with Gasteiger partial charge in [0.25, 0.3) is 5.91 Å². The Labute approximate surface area is 198 Å². The molecule has 2 aromatic carbocycles. The summed E-state index contributed by atoms with van der Waals surface area (Å²) in [5, 5.41) is 2.25. The largest absolute Gasteiger partial charge is 0.473 e. The Kier molecular flexibility index (Phi) is 6.96. The molecule has 0 bridgehead atoms. The molecular formula is C22H18ClF2N2O4S2. The van der Waals surface area contributed by atoms with Gasteiger partial charge in [0.05, 0.1) is 10.1 Å². The molecule has 1 atom stereocenters. The lowest BCUT2D eigenvalue weighted by Crippen LogP contribution is -2.26. The molecule has 1 aliphatic carbocycles. The molecule has 1 radical (unpaired) electrons. The number of hydrogen-bond acceptors (Lipinski definition) is 6. The Morgan fingerprint density at radius 1 is 1.18 bits per heavy atom. The van der Waals surface area contributed by atoms with Crippen LogP contribution in [0.1, 0.15) is 37.4 Å². The second-order valence-electron chi connectivity index (χ2n) is 7.49. The molecule has 173 valence electrons. The molecule has 6 nitrogen and oxygen atoms in total.